The second-order valence-electron chi connectivity index (χ2n) is 10.0. The molecule has 2 aromatic rings. The predicted molar refractivity (Wildman–Crippen MR) is 129 cm³/mol. The first-order valence-electron chi connectivity index (χ1n) is 12.0. The normalized spacial score (nSPS) is 19.3. The highest BCUT2D eigenvalue weighted by Crippen LogP contribution is 2.40. The molecule has 8 nitrogen and oxygen atoms in total. The van der Waals surface area contributed by atoms with Crippen molar-refractivity contribution in [2.45, 2.75) is 57.8 Å². The van der Waals surface area contributed by atoms with E-state index in [1.165, 1.54) is 19.2 Å². The minimum absolute atomic E-state index is 0.139. The number of ether oxygens (including phenoxy) is 4. The molecule has 194 valence electrons. The molecule has 2 aromatic carbocycles. The highest BCUT2D eigenvalue weighted by molar-refractivity contribution is 5.98. The number of esters is 1. The third-order valence-corrected chi connectivity index (χ3v) is 6.14. The highest BCUT2D eigenvalue weighted by Gasteiger charge is 2.31. The molecule has 0 aromatic heterocycles. The predicted octanol–water partition coefficient (Wildman–Crippen LogP) is 3.19. The Labute approximate surface area is 209 Å². The van der Waals surface area contributed by atoms with Crippen LogP contribution in [-0.2, 0) is 22.3 Å². The van der Waals surface area contributed by atoms with Crippen molar-refractivity contribution in [3.05, 3.63) is 57.9 Å². The van der Waals surface area contributed by atoms with E-state index >= 15 is 0 Å². The molecule has 2 N–H and O–H groups in total. The van der Waals surface area contributed by atoms with Crippen LogP contribution in [0, 0.1) is 5.82 Å². The van der Waals surface area contributed by atoms with Crippen LogP contribution in [0.2, 0.25) is 0 Å². The molecule has 0 unspecified atom stereocenters. The van der Waals surface area contributed by atoms with Crippen LogP contribution < -0.4 is 14.8 Å². The maximum Gasteiger partial charge on any atom is 0.341 e. The first-order chi connectivity index (χ1) is 17.1. The Kier molecular flexibility index (Phi) is 7.51. The topological polar surface area (TPSA) is 103 Å². The number of benzene rings is 2. The Morgan fingerprint density at radius 1 is 1.19 bits per heavy atom. The second-order valence-corrected chi connectivity index (χ2v) is 10.0. The van der Waals surface area contributed by atoms with Crippen LogP contribution in [0.25, 0.3) is 0 Å². The third kappa shape index (κ3) is 5.63. The fourth-order valence-corrected chi connectivity index (χ4v) is 4.48. The zero-order valence-corrected chi connectivity index (χ0v) is 21.0. The van der Waals surface area contributed by atoms with Gasteiger partial charge in [0.05, 0.1) is 43.6 Å². The van der Waals surface area contributed by atoms with Gasteiger partial charge in [0, 0.05) is 25.0 Å². The molecule has 1 fully saturated rings. The van der Waals surface area contributed by atoms with Crippen LogP contribution in [0.1, 0.15) is 64.6 Å². The molecule has 2 atom stereocenters. The van der Waals surface area contributed by atoms with Crippen LogP contribution in [0.4, 0.5) is 4.39 Å². The minimum Gasteiger partial charge on any atom is -0.495 e. The molecule has 9 heteroatoms. The van der Waals surface area contributed by atoms with Crippen LogP contribution >= 0.6 is 0 Å². The Morgan fingerprint density at radius 3 is 2.64 bits per heavy atom. The lowest BCUT2D eigenvalue weighted by Gasteiger charge is -2.28. The monoisotopic (exact) mass is 501 g/mol. The molecule has 0 aliphatic carbocycles. The van der Waals surface area contributed by atoms with Gasteiger partial charge in [0.15, 0.2) is 0 Å². The number of methoxy groups -OCH3 is 1. The Bertz CT molecular complexity index is 1160. The van der Waals surface area contributed by atoms with Crippen molar-refractivity contribution in [3.63, 3.8) is 0 Å². The summed E-state index contributed by atoms with van der Waals surface area (Å²) < 4.78 is 36.8. The van der Waals surface area contributed by atoms with Crippen molar-refractivity contribution in [2.75, 3.05) is 26.9 Å². The number of fused-ring (bicyclic) bond motifs is 1. The molecule has 36 heavy (non-hydrogen) atoms. The van der Waals surface area contributed by atoms with Crippen molar-refractivity contribution in [2.24, 2.45) is 0 Å². The highest BCUT2D eigenvalue weighted by atomic mass is 19.1. The maximum absolute atomic E-state index is 14.8. The number of nitrogens with one attached hydrogen (secondary N) is 1. The van der Waals surface area contributed by atoms with Crippen molar-refractivity contribution < 1.29 is 38.0 Å². The van der Waals surface area contributed by atoms with Gasteiger partial charge in [-0.05, 0) is 56.5 Å². The van der Waals surface area contributed by atoms with E-state index in [-0.39, 0.29) is 24.5 Å². The SMILES string of the molecule is COc1c(C(=O)N[C@H]2CCOC[C@@H]2O)cc(Cc2ccc(C(=O)OC(C)(C)C)c(F)c2)c2c1CCO2. The van der Waals surface area contributed by atoms with E-state index in [2.05, 4.69) is 5.32 Å². The van der Waals surface area contributed by atoms with Gasteiger partial charge in [-0.1, -0.05) is 6.07 Å². The lowest BCUT2D eigenvalue weighted by atomic mass is 9.95. The van der Waals surface area contributed by atoms with Crippen molar-refractivity contribution in [3.8, 4) is 11.5 Å². The van der Waals surface area contributed by atoms with Crippen molar-refractivity contribution in [1.82, 2.24) is 5.32 Å². The summed E-state index contributed by atoms with van der Waals surface area (Å²) in [5, 5.41) is 13.1. The van der Waals surface area contributed by atoms with E-state index in [9.17, 15) is 19.1 Å². The van der Waals surface area contributed by atoms with E-state index in [0.717, 1.165) is 5.56 Å². The van der Waals surface area contributed by atoms with Gasteiger partial charge in [0.2, 0.25) is 0 Å². The molecule has 4 rings (SSSR count). The molecule has 0 radical (unpaired) electrons. The first-order valence-corrected chi connectivity index (χ1v) is 12.0. The third-order valence-electron chi connectivity index (χ3n) is 6.14. The number of aliphatic hydroxyl groups is 1. The molecule has 2 aliphatic heterocycles. The lowest BCUT2D eigenvalue weighted by molar-refractivity contribution is -0.0261. The quantitative estimate of drug-likeness (QED) is 0.586. The van der Waals surface area contributed by atoms with Gasteiger partial charge in [-0.25, -0.2) is 9.18 Å². The average molecular weight is 502 g/mol. The van der Waals surface area contributed by atoms with Gasteiger partial charge in [-0.15, -0.1) is 0 Å². The van der Waals surface area contributed by atoms with Crippen molar-refractivity contribution in [1.29, 1.82) is 0 Å². The molecule has 1 amide bonds. The number of aliphatic hydroxyl groups excluding tert-OH is 1. The molecule has 2 aliphatic rings. The number of hydrogen-bond acceptors (Lipinski definition) is 7. The molecule has 0 saturated carbocycles. The number of rotatable bonds is 6. The molecular formula is C27H32FNO7. The Morgan fingerprint density at radius 2 is 1.97 bits per heavy atom. The van der Waals surface area contributed by atoms with E-state index in [0.29, 0.717) is 54.2 Å². The summed E-state index contributed by atoms with van der Waals surface area (Å²) in [5.74, 6) is -0.739. The zero-order valence-electron chi connectivity index (χ0n) is 21.0. The summed E-state index contributed by atoms with van der Waals surface area (Å²) in [6.07, 6.45) is 0.549. The number of halogens is 1. The summed E-state index contributed by atoms with van der Waals surface area (Å²) in [7, 11) is 1.50. The van der Waals surface area contributed by atoms with Gasteiger partial charge < -0.3 is 29.4 Å². The van der Waals surface area contributed by atoms with E-state index in [4.69, 9.17) is 18.9 Å². The van der Waals surface area contributed by atoms with Crippen LogP contribution in [0.3, 0.4) is 0 Å². The smallest absolute Gasteiger partial charge is 0.341 e. The molecule has 1 saturated heterocycles. The first kappa shape index (κ1) is 25.9. The van der Waals surface area contributed by atoms with Gasteiger partial charge in [0.1, 0.15) is 22.9 Å². The zero-order chi connectivity index (χ0) is 26.0. The molecule has 0 bridgehead atoms. The standard InChI is InChI=1S/C27H32FNO7/c1-27(2,3)36-26(32)17-6-5-15(12-20(17)28)11-16-13-19(24(33-4)18-7-10-35-23(16)18)25(31)29-21-8-9-34-14-22(21)30/h5-6,12-13,21-22,30H,7-11,14H2,1-4H3,(H,29,31)/t21-,22-/m0/s1. The van der Waals surface area contributed by atoms with Crippen LogP contribution in [0.5, 0.6) is 11.5 Å². The van der Waals surface area contributed by atoms with E-state index < -0.39 is 29.5 Å². The summed E-state index contributed by atoms with van der Waals surface area (Å²) >= 11 is 0. The summed E-state index contributed by atoms with van der Waals surface area (Å²) in [5.41, 5.74) is 1.53. The lowest BCUT2D eigenvalue weighted by Crippen LogP contribution is -2.48. The Hall–Kier alpha value is -3.17. The fourth-order valence-electron chi connectivity index (χ4n) is 4.48. The number of hydrogen-bond donors (Lipinski definition) is 2. The maximum atomic E-state index is 14.8. The van der Waals surface area contributed by atoms with Gasteiger partial charge in [0.25, 0.3) is 5.91 Å². The van der Waals surface area contributed by atoms with Crippen LogP contribution in [-0.4, -0.2) is 61.7 Å². The number of carbonyl (C=O) groups is 2. The summed E-state index contributed by atoms with van der Waals surface area (Å²) in [6, 6.07) is 5.61. The minimum atomic E-state index is -0.794. The van der Waals surface area contributed by atoms with E-state index in [1.807, 2.05) is 0 Å². The van der Waals surface area contributed by atoms with Crippen LogP contribution in [0.15, 0.2) is 24.3 Å². The number of carbonyl (C=O) groups excluding carboxylic acids is 2. The fraction of sp³-hybridized carbons (Fsp3) is 0.481. The van der Waals surface area contributed by atoms with Crippen molar-refractivity contribution >= 4 is 11.9 Å². The van der Waals surface area contributed by atoms with Gasteiger partial charge >= 0.3 is 5.97 Å². The van der Waals surface area contributed by atoms with Gasteiger partial charge in [-0.3, -0.25) is 4.79 Å². The average Bonchev–Trinajstić information content (AvgIpc) is 3.29. The second kappa shape index (κ2) is 10.4. The number of amides is 1. The van der Waals surface area contributed by atoms with E-state index in [1.54, 1.807) is 32.9 Å². The molecule has 2 heterocycles. The molecular weight excluding hydrogens is 469 g/mol. The Balaban J connectivity index is 1.62. The molecule has 0 spiro atoms. The van der Waals surface area contributed by atoms with Gasteiger partial charge in [-0.2, -0.15) is 0 Å². The largest absolute Gasteiger partial charge is 0.495 e. The summed E-state index contributed by atoms with van der Waals surface area (Å²) in [6.45, 7) is 6.21. The summed E-state index contributed by atoms with van der Waals surface area (Å²) in [4.78, 5) is 25.5.